The van der Waals surface area contributed by atoms with Gasteiger partial charge in [-0.25, -0.2) is 0 Å². The predicted octanol–water partition coefficient (Wildman–Crippen LogP) is 1.11. The highest BCUT2D eigenvalue weighted by Crippen LogP contribution is 2.41. The second-order valence-electron chi connectivity index (χ2n) is 7.91. The zero-order valence-electron chi connectivity index (χ0n) is 15.1. The monoisotopic (exact) mass is 377 g/mol. The topological polar surface area (TPSA) is 64.1 Å². The van der Waals surface area contributed by atoms with Crippen LogP contribution in [0.3, 0.4) is 0 Å². The van der Waals surface area contributed by atoms with E-state index in [1.54, 1.807) is 6.07 Å². The van der Waals surface area contributed by atoms with E-state index >= 15 is 0 Å². The van der Waals surface area contributed by atoms with Crippen LogP contribution in [0.2, 0.25) is 5.02 Å². The first-order chi connectivity index (χ1) is 12.3. The zero-order valence-corrected chi connectivity index (χ0v) is 15.8. The van der Waals surface area contributed by atoms with Crippen LogP contribution in [0.25, 0.3) is 0 Å². The van der Waals surface area contributed by atoms with E-state index < -0.39 is 17.7 Å². The van der Waals surface area contributed by atoms with E-state index in [1.165, 1.54) is 4.90 Å². The number of nitrogens with zero attached hydrogens (tertiary/aromatic N) is 3. The minimum atomic E-state index is -0.707. The zero-order chi connectivity index (χ0) is 18.6. The number of carbonyl (C=O) groups excluding carboxylic acids is 2. The molecular formula is C19H24ClN3O3. The van der Waals surface area contributed by atoms with Gasteiger partial charge in [-0.05, 0) is 31.9 Å². The average Bonchev–Trinajstić information content (AvgIpc) is 2.94. The number of benzene rings is 1. The molecule has 0 saturated carbocycles. The van der Waals surface area contributed by atoms with E-state index in [4.69, 9.17) is 11.6 Å². The molecule has 3 aliphatic rings. The third kappa shape index (κ3) is 2.59. The minimum Gasteiger partial charge on any atom is -0.392 e. The van der Waals surface area contributed by atoms with Gasteiger partial charge < -0.3 is 5.11 Å². The molecule has 0 aliphatic carbocycles. The van der Waals surface area contributed by atoms with Gasteiger partial charge in [-0.3, -0.25) is 24.3 Å². The van der Waals surface area contributed by atoms with Gasteiger partial charge in [0.05, 0.1) is 18.7 Å². The van der Waals surface area contributed by atoms with Gasteiger partial charge in [0.1, 0.15) is 5.54 Å². The molecule has 26 heavy (non-hydrogen) atoms. The fraction of sp³-hybridized carbons (Fsp3) is 0.579. The Hall–Kier alpha value is -1.47. The largest absolute Gasteiger partial charge is 0.392 e. The Morgan fingerprint density at radius 3 is 2.62 bits per heavy atom. The molecule has 140 valence electrons. The summed E-state index contributed by atoms with van der Waals surface area (Å²) in [6.07, 6.45) is -0.184. The summed E-state index contributed by atoms with van der Waals surface area (Å²) in [4.78, 5) is 31.9. The number of hydrogen-bond donors (Lipinski definition) is 1. The number of carbonyl (C=O) groups is 2. The highest BCUT2D eigenvalue weighted by Gasteiger charge is 2.64. The van der Waals surface area contributed by atoms with Crippen molar-refractivity contribution in [1.82, 2.24) is 14.7 Å². The average molecular weight is 378 g/mol. The van der Waals surface area contributed by atoms with E-state index in [1.807, 2.05) is 23.1 Å². The number of amides is 2. The third-order valence-electron chi connectivity index (χ3n) is 5.97. The number of halogens is 1. The van der Waals surface area contributed by atoms with Crippen molar-refractivity contribution in [2.75, 3.05) is 19.6 Å². The molecule has 0 aromatic heterocycles. The number of aliphatic hydroxyl groups is 1. The molecule has 1 spiro atoms. The van der Waals surface area contributed by atoms with Crippen LogP contribution in [0.15, 0.2) is 24.3 Å². The highest BCUT2D eigenvalue weighted by molar-refractivity contribution is 6.31. The van der Waals surface area contributed by atoms with Gasteiger partial charge in [0, 0.05) is 30.7 Å². The normalized spacial score (nSPS) is 28.7. The number of imide groups is 1. The molecule has 3 fully saturated rings. The van der Waals surface area contributed by atoms with Crippen LogP contribution in [0, 0.1) is 0 Å². The third-order valence-corrected chi connectivity index (χ3v) is 6.34. The Labute approximate surface area is 158 Å². The molecule has 2 amide bonds. The molecule has 4 rings (SSSR count). The summed E-state index contributed by atoms with van der Waals surface area (Å²) in [6.45, 7) is 5.96. The Morgan fingerprint density at radius 1 is 1.27 bits per heavy atom. The molecule has 3 heterocycles. The number of likely N-dealkylation sites (tertiary alicyclic amines) is 1. The first-order valence-corrected chi connectivity index (χ1v) is 9.49. The lowest BCUT2D eigenvalue weighted by Crippen LogP contribution is -2.82. The summed E-state index contributed by atoms with van der Waals surface area (Å²) in [5, 5.41) is 10.7. The summed E-state index contributed by atoms with van der Waals surface area (Å²) in [5.74, 6) is -0.384. The molecule has 3 saturated heterocycles. The van der Waals surface area contributed by atoms with Crippen molar-refractivity contribution in [3.8, 4) is 0 Å². The van der Waals surface area contributed by atoms with Gasteiger partial charge in [-0.2, -0.15) is 0 Å². The van der Waals surface area contributed by atoms with E-state index in [0.29, 0.717) is 37.1 Å². The van der Waals surface area contributed by atoms with E-state index in [-0.39, 0.29) is 18.4 Å². The molecule has 0 bridgehead atoms. The van der Waals surface area contributed by atoms with Gasteiger partial charge in [-0.1, -0.05) is 29.8 Å². The molecular weight excluding hydrogens is 354 g/mol. The summed E-state index contributed by atoms with van der Waals surface area (Å²) in [6, 6.07) is 7.20. The number of rotatable bonds is 3. The number of aliphatic hydroxyl groups excluding tert-OH is 1. The first kappa shape index (κ1) is 17.9. The molecule has 0 radical (unpaired) electrons. The van der Waals surface area contributed by atoms with Crippen molar-refractivity contribution in [2.24, 2.45) is 0 Å². The predicted molar refractivity (Wildman–Crippen MR) is 97.6 cm³/mol. The van der Waals surface area contributed by atoms with Gasteiger partial charge in [0.15, 0.2) is 0 Å². The summed E-state index contributed by atoms with van der Waals surface area (Å²) >= 11 is 6.25. The molecule has 1 N–H and O–H groups in total. The van der Waals surface area contributed by atoms with Crippen molar-refractivity contribution in [3.05, 3.63) is 34.9 Å². The van der Waals surface area contributed by atoms with Crippen LogP contribution in [0.1, 0.15) is 25.8 Å². The molecule has 2 atom stereocenters. The Morgan fingerprint density at radius 2 is 1.96 bits per heavy atom. The van der Waals surface area contributed by atoms with Crippen molar-refractivity contribution >= 4 is 23.4 Å². The fourth-order valence-corrected chi connectivity index (χ4v) is 4.62. The molecule has 6 nitrogen and oxygen atoms in total. The minimum absolute atomic E-state index is 0.162. The number of β-amino-alcohol motifs (C(OH)–C–C–N with tert-alkyl or cyclic N) is 1. The maximum Gasteiger partial charge on any atom is 0.252 e. The van der Waals surface area contributed by atoms with Crippen LogP contribution in [0.5, 0.6) is 0 Å². The maximum absolute atomic E-state index is 13.4. The SMILES string of the molecule is CC(C)N1CC2(C1)C(=O)N(Cc1ccccc1Cl)C(=O)[C@@H]1C[C@@H](O)CN12. The van der Waals surface area contributed by atoms with Crippen LogP contribution in [0.4, 0.5) is 0 Å². The molecule has 7 heteroatoms. The Balaban J connectivity index is 1.66. The number of piperazine rings is 1. The first-order valence-electron chi connectivity index (χ1n) is 9.11. The van der Waals surface area contributed by atoms with Crippen molar-refractivity contribution in [1.29, 1.82) is 0 Å². The second kappa shape index (κ2) is 6.30. The number of fused-ring (bicyclic) bond motifs is 2. The molecule has 3 aliphatic heterocycles. The summed E-state index contributed by atoms with van der Waals surface area (Å²) in [7, 11) is 0. The standard InChI is InChI=1S/C19H24ClN3O3/c1-12(2)21-10-19(11-21)18(26)22(8-13-5-3-4-6-15(13)20)17(25)16-7-14(24)9-23(16)19/h3-6,12,14,16,24H,7-11H2,1-2H3/t14-,16+/m1/s1. The van der Waals surface area contributed by atoms with Crippen molar-refractivity contribution in [2.45, 2.75) is 50.5 Å². The van der Waals surface area contributed by atoms with Crippen molar-refractivity contribution in [3.63, 3.8) is 0 Å². The molecule has 0 unspecified atom stereocenters. The maximum atomic E-state index is 13.4. The summed E-state index contributed by atoms with van der Waals surface area (Å²) in [5.41, 5.74) is 0.0553. The van der Waals surface area contributed by atoms with Gasteiger partial charge in [-0.15, -0.1) is 0 Å². The van der Waals surface area contributed by atoms with Crippen molar-refractivity contribution < 1.29 is 14.7 Å². The smallest absolute Gasteiger partial charge is 0.252 e. The van der Waals surface area contributed by atoms with Crippen LogP contribution < -0.4 is 0 Å². The summed E-state index contributed by atoms with van der Waals surface area (Å²) < 4.78 is 0. The molecule has 1 aromatic carbocycles. The van der Waals surface area contributed by atoms with Crippen LogP contribution in [-0.2, 0) is 16.1 Å². The van der Waals surface area contributed by atoms with Crippen LogP contribution in [-0.4, -0.2) is 75.0 Å². The Kier molecular flexibility index (Phi) is 4.34. The lowest BCUT2D eigenvalue weighted by molar-refractivity contribution is -0.182. The lowest BCUT2D eigenvalue weighted by Gasteiger charge is -2.59. The highest BCUT2D eigenvalue weighted by atomic mass is 35.5. The second-order valence-corrected chi connectivity index (χ2v) is 8.32. The van der Waals surface area contributed by atoms with E-state index in [2.05, 4.69) is 18.7 Å². The van der Waals surface area contributed by atoms with Crippen LogP contribution >= 0.6 is 11.6 Å². The van der Waals surface area contributed by atoms with Gasteiger partial charge in [0.2, 0.25) is 5.91 Å². The quantitative estimate of drug-likeness (QED) is 0.799. The lowest BCUT2D eigenvalue weighted by atomic mass is 9.81. The van der Waals surface area contributed by atoms with Gasteiger partial charge in [0.25, 0.3) is 5.91 Å². The molecule has 1 aromatic rings. The fourth-order valence-electron chi connectivity index (χ4n) is 4.43. The number of hydrogen-bond acceptors (Lipinski definition) is 5. The van der Waals surface area contributed by atoms with Gasteiger partial charge >= 0.3 is 0 Å². The Bertz CT molecular complexity index is 747. The van der Waals surface area contributed by atoms with E-state index in [0.717, 1.165) is 5.56 Å². The van der Waals surface area contributed by atoms with E-state index in [9.17, 15) is 14.7 Å².